The molecule has 8 nitrogen and oxygen atoms in total. The lowest BCUT2D eigenvalue weighted by Crippen LogP contribution is -2.31. The molecule has 4 aromatic rings. The summed E-state index contributed by atoms with van der Waals surface area (Å²) in [7, 11) is 1.56. The molecule has 0 saturated carbocycles. The zero-order chi connectivity index (χ0) is 25.4. The van der Waals surface area contributed by atoms with Crippen molar-refractivity contribution in [3.63, 3.8) is 0 Å². The maximum atomic E-state index is 13.7. The number of methoxy groups -OCH3 is 1. The van der Waals surface area contributed by atoms with Crippen molar-refractivity contribution in [2.45, 2.75) is 26.8 Å². The van der Waals surface area contributed by atoms with Crippen molar-refractivity contribution in [3.8, 4) is 22.9 Å². The SMILES string of the molecule is COc1ccccc1NC(=O)C1=C(C)Nc2nc(-c3ccc(C)c(C)c3)nn2C1c1cccc(O)c1. The number of aryl methyl sites for hydroxylation is 2. The van der Waals surface area contributed by atoms with E-state index in [0.717, 1.165) is 11.1 Å². The van der Waals surface area contributed by atoms with Crippen LogP contribution < -0.4 is 15.4 Å². The van der Waals surface area contributed by atoms with Gasteiger partial charge in [-0.15, -0.1) is 5.10 Å². The first-order chi connectivity index (χ1) is 17.4. The van der Waals surface area contributed by atoms with E-state index in [4.69, 9.17) is 14.8 Å². The second-order valence-electron chi connectivity index (χ2n) is 8.82. The first-order valence-electron chi connectivity index (χ1n) is 11.6. The Morgan fingerprint density at radius 2 is 1.83 bits per heavy atom. The lowest BCUT2D eigenvalue weighted by molar-refractivity contribution is -0.113. The number of allylic oxidation sites excluding steroid dienone is 1. The summed E-state index contributed by atoms with van der Waals surface area (Å²) in [5.74, 6) is 1.41. The number of amides is 1. The molecular weight excluding hydrogens is 454 g/mol. The first-order valence-corrected chi connectivity index (χ1v) is 11.6. The Labute approximate surface area is 209 Å². The van der Waals surface area contributed by atoms with Crippen molar-refractivity contribution in [3.05, 3.63) is 94.7 Å². The number of phenols is 1. The van der Waals surface area contributed by atoms with E-state index >= 15 is 0 Å². The number of carbonyl (C=O) groups excluding carboxylic acids is 1. The first kappa shape index (κ1) is 23.2. The van der Waals surface area contributed by atoms with Crippen LogP contribution in [0.15, 0.2) is 78.0 Å². The minimum absolute atomic E-state index is 0.101. The largest absolute Gasteiger partial charge is 0.508 e. The number of anilines is 2. The van der Waals surface area contributed by atoms with Crippen LogP contribution in [0, 0.1) is 13.8 Å². The molecule has 1 aromatic heterocycles. The van der Waals surface area contributed by atoms with Gasteiger partial charge in [0.05, 0.1) is 18.4 Å². The Balaban J connectivity index is 1.61. The van der Waals surface area contributed by atoms with Crippen LogP contribution in [0.1, 0.15) is 29.7 Å². The van der Waals surface area contributed by atoms with Gasteiger partial charge < -0.3 is 20.5 Å². The number of aromatic hydroxyl groups is 1. The van der Waals surface area contributed by atoms with Gasteiger partial charge >= 0.3 is 0 Å². The molecule has 0 fully saturated rings. The standard InChI is InChI=1S/C28H27N5O3/c1-16-12-13-20(14-17(16)2)26-31-28-29-18(3)24(27(35)30-22-10-5-6-11-23(22)36-4)25(33(28)32-26)19-8-7-9-21(34)15-19/h5-15,25,34H,1-4H3,(H,30,35)(H,29,31,32). The molecule has 36 heavy (non-hydrogen) atoms. The summed E-state index contributed by atoms with van der Waals surface area (Å²) < 4.78 is 7.11. The third kappa shape index (κ3) is 4.17. The fourth-order valence-electron chi connectivity index (χ4n) is 4.39. The summed E-state index contributed by atoms with van der Waals surface area (Å²) in [5, 5.41) is 21.3. The average Bonchev–Trinajstić information content (AvgIpc) is 3.28. The number of rotatable bonds is 5. The predicted molar refractivity (Wildman–Crippen MR) is 139 cm³/mol. The molecule has 0 aliphatic carbocycles. The molecule has 0 bridgehead atoms. The zero-order valence-electron chi connectivity index (χ0n) is 20.5. The average molecular weight is 482 g/mol. The minimum Gasteiger partial charge on any atom is -0.508 e. The van der Waals surface area contributed by atoms with Crippen LogP contribution in [0.2, 0.25) is 0 Å². The fraction of sp³-hybridized carbons (Fsp3) is 0.179. The van der Waals surface area contributed by atoms with E-state index in [0.29, 0.717) is 40.0 Å². The molecule has 1 aliphatic rings. The van der Waals surface area contributed by atoms with Gasteiger partial charge in [0, 0.05) is 11.3 Å². The molecule has 5 rings (SSSR count). The molecule has 3 N–H and O–H groups in total. The quantitative estimate of drug-likeness (QED) is 0.362. The molecule has 2 heterocycles. The topological polar surface area (TPSA) is 101 Å². The monoisotopic (exact) mass is 481 g/mol. The third-order valence-corrected chi connectivity index (χ3v) is 6.40. The van der Waals surface area contributed by atoms with Crippen molar-refractivity contribution < 1.29 is 14.6 Å². The zero-order valence-corrected chi connectivity index (χ0v) is 20.5. The summed E-state index contributed by atoms with van der Waals surface area (Å²) in [6.45, 7) is 5.94. The van der Waals surface area contributed by atoms with Gasteiger partial charge in [-0.1, -0.05) is 36.4 Å². The van der Waals surface area contributed by atoms with Gasteiger partial charge in [0.1, 0.15) is 17.5 Å². The highest BCUT2D eigenvalue weighted by molar-refractivity contribution is 6.06. The number of carbonyl (C=O) groups is 1. The highest BCUT2D eigenvalue weighted by atomic mass is 16.5. The predicted octanol–water partition coefficient (Wildman–Crippen LogP) is 5.20. The van der Waals surface area contributed by atoms with Crippen molar-refractivity contribution in [1.29, 1.82) is 0 Å². The van der Waals surface area contributed by atoms with Crippen LogP contribution >= 0.6 is 0 Å². The highest BCUT2D eigenvalue weighted by Crippen LogP contribution is 2.38. The van der Waals surface area contributed by atoms with Crippen LogP contribution in [0.3, 0.4) is 0 Å². The number of nitrogens with zero attached hydrogens (tertiary/aromatic N) is 3. The lowest BCUT2D eigenvalue weighted by Gasteiger charge is -2.29. The van der Waals surface area contributed by atoms with Crippen molar-refractivity contribution in [2.75, 3.05) is 17.7 Å². The van der Waals surface area contributed by atoms with E-state index < -0.39 is 6.04 Å². The molecule has 0 saturated heterocycles. The van der Waals surface area contributed by atoms with Crippen LogP contribution in [-0.4, -0.2) is 32.9 Å². The number of nitrogens with one attached hydrogen (secondary N) is 2. The summed E-state index contributed by atoms with van der Waals surface area (Å²) in [4.78, 5) is 18.4. The molecule has 1 aliphatic heterocycles. The number of aromatic nitrogens is 3. The molecule has 1 unspecified atom stereocenters. The molecule has 1 atom stereocenters. The summed E-state index contributed by atoms with van der Waals surface area (Å²) in [6.07, 6.45) is 0. The Bertz CT molecular complexity index is 1500. The van der Waals surface area contributed by atoms with Crippen LogP contribution in [0.5, 0.6) is 11.5 Å². The maximum absolute atomic E-state index is 13.7. The minimum atomic E-state index is -0.615. The molecular formula is C28H27N5O3. The van der Waals surface area contributed by atoms with Gasteiger partial charge in [0.2, 0.25) is 5.95 Å². The molecule has 8 heteroatoms. The number of fused-ring (bicyclic) bond motifs is 1. The van der Waals surface area contributed by atoms with E-state index in [1.807, 2.05) is 37.3 Å². The van der Waals surface area contributed by atoms with Gasteiger partial charge in [-0.25, -0.2) is 4.68 Å². The third-order valence-electron chi connectivity index (χ3n) is 6.40. The highest BCUT2D eigenvalue weighted by Gasteiger charge is 2.35. The van der Waals surface area contributed by atoms with Gasteiger partial charge in [0.25, 0.3) is 5.91 Å². The van der Waals surface area contributed by atoms with E-state index in [-0.39, 0.29) is 11.7 Å². The van der Waals surface area contributed by atoms with E-state index in [2.05, 4.69) is 30.5 Å². The van der Waals surface area contributed by atoms with Crippen LogP contribution in [-0.2, 0) is 4.79 Å². The summed E-state index contributed by atoms with van der Waals surface area (Å²) in [5.41, 5.74) is 5.57. The number of para-hydroxylation sites is 2. The second-order valence-corrected chi connectivity index (χ2v) is 8.82. The van der Waals surface area contributed by atoms with Gasteiger partial charge in [-0.2, -0.15) is 4.98 Å². The fourth-order valence-corrected chi connectivity index (χ4v) is 4.39. The Morgan fingerprint density at radius 1 is 1.03 bits per heavy atom. The summed E-state index contributed by atoms with van der Waals surface area (Å²) in [6, 6.07) is 19.6. The smallest absolute Gasteiger partial charge is 0.255 e. The second kappa shape index (κ2) is 9.22. The molecule has 3 aromatic carbocycles. The number of hydrogen-bond donors (Lipinski definition) is 3. The van der Waals surface area contributed by atoms with Crippen molar-refractivity contribution in [2.24, 2.45) is 0 Å². The van der Waals surface area contributed by atoms with Crippen LogP contribution in [0.25, 0.3) is 11.4 Å². The number of phenolic OH excluding ortho intramolecular Hbond substituents is 1. The Morgan fingerprint density at radius 3 is 2.58 bits per heavy atom. The summed E-state index contributed by atoms with van der Waals surface area (Å²) >= 11 is 0. The van der Waals surface area contributed by atoms with E-state index in [1.165, 1.54) is 5.56 Å². The van der Waals surface area contributed by atoms with Gasteiger partial charge in [-0.05, 0) is 67.8 Å². The van der Waals surface area contributed by atoms with E-state index in [9.17, 15) is 9.90 Å². The van der Waals surface area contributed by atoms with Gasteiger partial charge in [0.15, 0.2) is 5.82 Å². The Kier molecular flexibility index (Phi) is 5.93. The van der Waals surface area contributed by atoms with Crippen molar-refractivity contribution in [1.82, 2.24) is 14.8 Å². The molecule has 1 amide bonds. The normalized spacial score (nSPS) is 14.7. The van der Waals surface area contributed by atoms with Crippen LogP contribution in [0.4, 0.5) is 11.6 Å². The maximum Gasteiger partial charge on any atom is 0.255 e. The number of benzene rings is 3. The van der Waals surface area contributed by atoms with E-state index in [1.54, 1.807) is 42.1 Å². The van der Waals surface area contributed by atoms with Gasteiger partial charge in [-0.3, -0.25) is 4.79 Å². The molecule has 182 valence electrons. The molecule has 0 radical (unpaired) electrons. The number of ether oxygens (including phenoxy) is 1. The lowest BCUT2D eigenvalue weighted by atomic mass is 9.95. The van der Waals surface area contributed by atoms with Crippen molar-refractivity contribution >= 4 is 17.5 Å². The Hall–Kier alpha value is -4.59. The molecule has 0 spiro atoms. The number of hydrogen-bond acceptors (Lipinski definition) is 6.